The van der Waals surface area contributed by atoms with Crippen molar-refractivity contribution in [2.45, 2.75) is 86.0 Å². The third kappa shape index (κ3) is 7.43. The third-order valence-corrected chi connectivity index (χ3v) is 10.2. The summed E-state index contributed by atoms with van der Waals surface area (Å²) >= 11 is 0. The first-order valence-electron chi connectivity index (χ1n) is 17.5. The maximum absolute atomic E-state index is 13.3. The summed E-state index contributed by atoms with van der Waals surface area (Å²) in [6.07, 6.45) is 2.96. The van der Waals surface area contributed by atoms with Crippen molar-refractivity contribution in [2.75, 3.05) is 46.6 Å². The van der Waals surface area contributed by atoms with Crippen LogP contribution in [0.4, 0.5) is 0 Å². The van der Waals surface area contributed by atoms with Gasteiger partial charge in [-0.05, 0) is 105 Å². The number of aromatic nitrogens is 4. The van der Waals surface area contributed by atoms with E-state index in [0.717, 1.165) is 68.8 Å². The summed E-state index contributed by atoms with van der Waals surface area (Å²) in [6, 6.07) is 8.83. The van der Waals surface area contributed by atoms with Crippen LogP contribution in [-0.4, -0.2) is 82.5 Å². The molecule has 1 amide bonds. The SMILES string of the molecule is CCC1=C(C)c2cc3[nH]c(cc4nc(c(C)c5cc(C)c(cc1n2)[nH]5)[C@@H](CCC(=O)N(C)CCOCCOCCO)[C@@H]4C)c(C)c3CC. The van der Waals surface area contributed by atoms with Crippen molar-refractivity contribution >= 4 is 39.1 Å². The number of carbonyl (C=O) groups is 1. The van der Waals surface area contributed by atoms with Crippen molar-refractivity contribution in [2.24, 2.45) is 0 Å². The van der Waals surface area contributed by atoms with E-state index in [1.807, 2.05) is 7.05 Å². The molecule has 8 bridgehead atoms. The van der Waals surface area contributed by atoms with Crippen molar-refractivity contribution in [1.29, 1.82) is 0 Å². The van der Waals surface area contributed by atoms with E-state index in [-0.39, 0.29) is 24.3 Å². The maximum Gasteiger partial charge on any atom is 0.222 e. The second kappa shape index (κ2) is 15.6. The van der Waals surface area contributed by atoms with Gasteiger partial charge in [0.2, 0.25) is 5.91 Å². The van der Waals surface area contributed by atoms with Gasteiger partial charge in [0.05, 0.1) is 44.4 Å². The molecule has 5 rings (SSSR count). The van der Waals surface area contributed by atoms with E-state index in [4.69, 9.17) is 24.5 Å². The van der Waals surface area contributed by atoms with Crippen LogP contribution < -0.4 is 0 Å². The van der Waals surface area contributed by atoms with Gasteiger partial charge < -0.3 is 29.4 Å². The van der Waals surface area contributed by atoms with Crippen LogP contribution >= 0.6 is 0 Å². The lowest BCUT2D eigenvalue weighted by Crippen LogP contribution is -2.30. The summed E-state index contributed by atoms with van der Waals surface area (Å²) < 4.78 is 10.8. The molecule has 258 valence electrons. The molecule has 0 aliphatic carbocycles. The number of ether oxygens (including phenoxy) is 2. The predicted molar refractivity (Wildman–Crippen MR) is 194 cm³/mol. The molecule has 48 heavy (non-hydrogen) atoms. The lowest BCUT2D eigenvalue weighted by molar-refractivity contribution is -0.130. The van der Waals surface area contributed by atoms with E-state index in [9.17, 15) is 4.79 Å². The number of amides is 1. The fourth-order valence-corrected chi connectivity index (χ4v) is 7.08. The van der Waals surface area contributed by atoms with Gasteiger partial charge in [0.25, 0.3) is 0 Å². The van der Waals surface area contributed by atoms with Gasteiger partial charge >= 0.3 is 0 Å². The summed E-state index contributed by atoms with van der Waals surface area (Å²) in [5.41, 5.74) is 15.7. The number of hydrogen-bond donors (Lipinski definition) is 3. The smallest absolute Gasteiger partial charge is 0.222 e. The van der Waals surface area contributed by atoms with E-state index in [1.165, 1.54) is 22.3 Å². The van der Waals surface area contributed by atoms with Crippen LogP contribution in [0.2, 0.25) is 0 Å². The number of aryl methyl sites for hydroxylation is 4. The first-order chi connectivity index (χ1) is 23.1. The van der Waals surface area contributed by atoms with Crippen LogP contribution in [0.25, 0.3) is 33.2 Å². The van der Waals surface area contributed by atoms with Crippen LogP contribution in [0.5, 0.6) is 0 Å². The molecule has 5 heterocycles. The van der Waals surface area contributed by atoms with Gasteiger partial charge in [-0.25, -0.2) is 4.98 Å². The van der Waals surface area contributed by atoms with Crippen LogP contribution in [0.3, 0.4) is 0 Å². The van der Waals surface area contributed by atoms with Crippen molar-refractivity contribution < 1.29 is 19.4 Å². The third-order valence-electron chi connectivity index (χ3n) is 10.2. The molecule has 0 saturated heterocycles. The Hall–Kier alpha value is -3.79. The molecule has 0 saturated carbocycles. The van der Waals surface area contributed by atoms with Gasteiger partial charge in [0, 0.05) is 65.3 Å². The fourth-order valence-electron chi connectivity index (χ4n) is 7.08. The number of hydrogen-bond acceptors (Lipinski definition) is 6. The minimum Gasteiger partial charge on any atom is -0.394 e. The number of aliphatic hydroxyl groups is 1. The normalized spacial score (nSPS) is 16.2. The molecule has 9 heteroatoms. The second-order valence-corrected chi connectivity index (χ2v) is 13.2. The predicted octanol–water partition coefficient (Wildman–Crippen LogP) is 7.29. The van der Waals surface area contributed by atoms with Gasteiger partial charge in [-0.3, -0.25) is 9.78 Å². The van der Waals surface area contributed by atoms with E-state index in [2.05, 4.69) is 82.7 Å². The lowest BCUT2D eigenvalue weighted by Gasteiger charge is -2.20. The number of aromatic amines is 2. The molecule has 3 aromatic rings. The zero-order valence-electron chi connectivity index (χ0n) is 30.0. The Kier molecular flexibility index (Phi) is 11.6. The largest absolute Gasteiger partial charge is 0.394 e. The highest BCUT2D eigenvalue weighted by Crippen LogP contribution is 2.42. The highest BCUT2D eigenvalue weighted by Gasteiger charge is 2.31. The first-order valence-corrected chi connectivity index (χ1v) is 17.5. The van der Waals surface area contributed by atoms with E-state index < -0.39 is 0 Å². The molecular weight excluding hydrogens is 602 g/mol. The molecule has 0 spiro atoms. The molecule has 2 aliphatic rings. The number of nitrogens with one attached hydrogen (secondary N) is 2. The number of rotatable bonds is 13. The Bertz CT molecular complexity index is 1840. The quantitative estimate of drug-likeness (QED) is 0.167. The summed E-state index contributed by atoms with van der Waals surface area (Å²) in [6.45, 7) is 17.4. The van der Waals surface area contributed by atoms with Crippen molar-refractivity contribution in [3.63, 3.8) is 0 Å². The molecule has 0 unspecified atom stereocenters. The summed E-state index contributed by atoms with van der Waals surface area (Å²) in [4.78, 5) is 32.9. The van der Waals surface area contributed by atoms with Crippen molar-refractivity contribution in [3.05, 3.63) is 69.3 Å². The molecule has 9 nitrogen and oxygen atoms in total. The highest BCUT2D eigenvalue weighted by molar-refractivity contribution is 5.92. The van der Waals surface area contributed by atoms with Crippen LogP contribution in [-0.2, 0) is 20.7 Å². The zero-order valence-corrected chi connectivity index (χ0v) is 30.0. The molecular formula is C39H53N5O4. The molecule has 3 N–H and O–H groups in total. The number of likely N-dealkylation sites (N-methyl/N-ethyl adjacent to an activating group) is 1. The van der Waals surface area contributed by atoms with Gasteiger partial charge in [-0.1, -0.05) is 20.8 Å². The molecule has 2 atom stereocenters. The summed E-state index contributed by atoms with van der Waals surface area (Å²) in [5, 5.41) is 8.82. The van der Waals surface area contributed by atoms with Crippen molar-refractivity contribution in [3.8, 4) is 0 Å². The average Bonchev–Trinajstić information content (AvgIpc) is 3.77. The van der Waals surface area contributed by atoms with Gasteiger partial charge in [0.15, 0.2) is 0 Å². The van der Waals surface area contributed by atoms with E-state index in [1.54, 1.807) is 4.90 Å². The Morgan fingerprint density at radius 3 is 2.25 bits per heavy atom. The highest BCUT2D eigenvalue weighted by atomic mass is 16.5. The van der Waals surface area contributed by atoms with Gasteiger partial charge in [-0.2, -0.15) is 0 Å². The Labute approximate surface area is 284 Å². The number of carbonyl (C=O) groups excluding carboxylic acids is 1. The second-order valence-electron chi connectivity index (χ2n) is 13.2. The molecule has 3 aromatic heterocycles. The van der Waals surface area contributed by atoms with Crippen LogP contribution in [0.1, 0.15) is 104 Å². The number of allylic oxidation sites excluding steroid dienone is 2. The average molecular weight is 656 g/mol. The number of aliphatic hydroxyl groups excluding tert-OH is 1. The number of H-pyrrole nitrogens is 2. The first kappa shape index (κ1) is 35.5. The van der Waals surface area contributed by atoms with E-state index in [0.29, 0.717) is 45.8 Å². The van der Waals surface area contributed by atoms with Gasteiger partial charge in [-0.15, -0.1) is 0 Å². The molecule has 0 radical (unpaired) electrons. The Balaban J connectivity index is 1.53. The Morgan fingerprint density at radius 1 is 0.854 bits per heavy atom. The molecule has 2 aliphatic heterocycles. The van der Waals surface area contributed by atoms with Crippen molar-refractivity contribution in [1.82, 2.24) is 24.8 Å². The zero-order chi connectivity index (χ0) is 34.5. The topological polar surface area (TPSA) is 116 Å². The Morgan fingerprint density at radius 2 is 1.54 bits per heavy atom. The van der Waals surface area contributed by atoms with Crippen LogP contribution in [0, 0.1) is 20.8 Å². The fraction of sp³-hybridized carbons (Fsp3) is 0.513. The number of nitrogens with zero attached hydrogens (tertiary/aromatic N) is 3. The molecule has 0 fully saturated rings. The van der Waals surface area contributed by atoms with Gasteiger partial charge in [0.1, 0.15) is 0 Å². The summed E-state index contributed by atoms with van der Waals surface area (Å²) in [7, 11) is 1.83. The molecule has 0 aromatic carbocycles. The summed E-state index contributed by atoms with van der Waals surface area (Å²) in [5.74, 6) is 0.334. The maximum atomic E-state index is 13.3. The monoisotopic (exact) mass is 655 g/mol. The van der Waals surface area contributed by atoms with Crippen LogP contribution in [0.15, 0.2) is 24.3 Å². The minimum atomic E-state index is 0.000319. The lowest BCUT2D eigenvalue weighted by atomic mass is 9.86. The minimum absolute atomic E-state index is 0.000319. The standard InChI is InChI=1S/C39H53N5O4/c1-9-28-25(5)34-22-37-29(10-2)24(4)33(41-37)21-35-26(6)30(11-12-38(46)44(8)13-15-47-17-18-48-16-14-45)39(43-35)27(7)32-19-23(3)31(40-32)20-36(28)42-34/h19-22,26,30,40-41,45H,9-18H2,1-8H3/t26-,30-/m0/s1. The number of fused-ring (bicyclic) bond motifs is 8. The van der Waals surface area contributed by atoms with E-state index >= 15 is 0 Å².